The van der Waals surface area contributed by atoms with E-state index in [1.54, 1.807) is 24.3 Å². The number of carbonyl (C=O) groups is 2. The number of rotatable bonds is 8. The van der Waals surface area contributed by atoms with E-state index < -0.39 is 17.8 Å². The molecule has 0 radical (unpaired) electrons. The van der Waals surface area contributed by atoms with Gasteiger partial charge in [0.2, 0.25) is 0 Å². The number of ether oxygens (including phenoxy) is 1. The lowest BCUT2D eigenvalue weighted by molar-refractivity contribution is -0.155. The third kappa shape index (κ3) is 5.34. The van der Waals surface area contributed by atoms with E-state index in [0.29, 0.717) is 11.1 Å². The lowest BCUT2D eigenvalue weighted by Crippen LogP contribution is -2.41. The fourth-order valence-electron chi connectivity index (χ4n) is 3.04. The second-order valence-electron chi connectivity index (χ2n) is 6.99. The van der Waals surface area contributed by atoms with Crippen LogP contribution in [0.2, 0.25) is 0 Å². The first-order chi connectivity index (χ1) is 13.9. The monoisotopic (exact) mass is 396 g/mol. The number of fused-ring (bicyclic) bond motifs is 1. The number of carbonyl (C=O) groups excluding carboxylic acids is 2. The Morgan fingerprint density at radius 2 is 1.76 bits per heavy atom. The molecule has 2 aromatic carbocycles. The summed E-state index contributed by atoms with van der Waals surface area (Å²) in [5.74, 6) is -1.70. The number of nitrogens with zero attached hydrogens (tertiary/aromatic N) is 1. The van der Waals surface area contributed by atoms with E-state index in [9.17, 15) is 14.4 Å². The predicted molar refractivity (Wildman–Crippen MR) is 108 cm³/mol. The number of esters is 1. The first-order valence-corrected chi connectivity index (χ1v) is 9.56. The van der Waals surface area contributed by atoms with Crippen LogP contribution < -0.4 is 11.1 Å². The van der Waals surface area contributed by atoms with Gasteiger partial charge in [-0.2, -0.15) is 0 Å². The zero-order valence-electron chi connectivity index (χ0n) is 16.5. The van der Waals surface area contributed by atoms with Crippen molar-refractivity contribution < 1.29 is 18.7 Å². The number of para-hydroxylation sites is 2. The average Bonchev–Trinajstić information content (AvgIpc) is 3.02. The maximum Gasteiger partial charge on any atom is 0.420 e. The van der Waals surface area contributed by atoms with Crippen molar-refractivity contribution in [2.45, 2.75) is 45.4 Å². The van der Waals surface area contributed by atoms with Crippen LogP contribution in [0.4, 0.5) is 0 Å². The summed E-state index contributed by atoms with van der Waals surface area (Å²) in [6.07, 6.45) is 0.648. The minimum absolute atomic E-state index is 0.0655. The average molecular weight is 396 g/mol. The van der Waals surface area contributed by atoms with Gasteiger partial charge in [-0.05, 0) is 44.4 Å². The van der Waals surface area contributed by atoms with Gasteiger partial charge in [0.15, 0.2) is 11.7 Å². The molecule has 0 aliphatic heterocycles. The summed E-state index contributed by atoms with van der Waals surface area (Å²) in [5.41, 5.74) is 2.09. The summed E-state index contributed by atoms with van der Waals surface area (Å²) in [4.78, 5) is 36.5. The molecule has 0 spiro atoms. The Labute approximate surface area is 168 Å². The number of hydrogen-bond donors (Lipinski definition) is 1. The van der Waals surface area contributed by atoms with E-state index in [1.165, 1.54) is 17.1 Å². The number of aromatic nitrogens is 1. The van der Waals surface area contributed by atoms with Crippen molar-refractivity contribution >= 4 is 23.0 Å². The number of amides is 1. The van der Waals surface area contributed by atoms with Gasteiger partial charge in [0, 0.05) is 6.04 Å². The largest absolute Gasteiger partial charge is 0.451 e. The third-order valence-electron chi connectivity index (χ3n) is 4.64. The Balaban J connectivity index is 1.50. The molecule has 0 bridgehead atoms. The summed E-state index contributed by atoms with van der Waals surface area (Å²) in [5, 5.41) is 2.85. The van der Waals surface area contributed by atoms with E-state index in [1.807, 2.05) is 37.3 Å². The van der Waals surface area contributed by atoms with Crippen molar-refractivity contribution in [1.82, 2.24) is 9.88 Å². The molecule has 0 aliphatic rings. The van der Waals surface area contributed by atoms with E-state index in [2.05, 4.69) is 5.32 Å². The molecule has 1 heterocycles. The van der Waals surface area contributed by atoms with Crippen molar-refractivity contribution in [3.8, 4) is 0 Å². The number of aryl methyl sites for hydroxylation is 1. The predicted octanol–water partition coefficient (Wildman–Crippen LogP) is 2.66. The van der Waals surface area contributed by atoms with Crippen molar-refractivity contribution in [3.05, 3.63) is 70.7 Å². The molecular weight excluding hydrogens is 372 g/mol. The highest BCUT2D eigenvalue weighted by Gasteiger charge is 2.21. The third-order valence-corrected chi connectivity index (χ3v) is 4.64. The molecule has 1 aromatic heterocycles. The molecule has 3 rings (SSSR count). The minimum atomic E-state index is -0.962. The zero-order chi connectivity index (χ0) is 20.8. The quantitative estimate of drug-likeness (QED) is 0.591. The zero-order valence-corrected chi connectivity index (χ0v) is 16.5. The number of hydrogen-bond acceptors (Lipinski definition) is 5. The van der Waals surface area contributed by atoms with Crippen molar-refractivity contribution in [3.63, 3.8) is 0 Å². The lowest BCUT2D eigenvalue weighted by atomic mass is 10.1. The van der Waals surface area contributed by atoms with Gasteiger partial charge in [0.25, 0.3) is 5.91 Å². The molecule has 0 saturated heterocycles. The molecule has 1 N–H and O–H groups in total. The first-order valence-electron chi connectivity index (χ1n) is 9.56. The minimum Gasteiger partial charge on any atom is -0.451 e. The van der Waals surface area contributed by atoms with Gasteiger partial charge < -0.3 is 14.5 Å². The van der Waals surface area contributed by atoms with Crippen LogP contribution >= 0.6 is 0 Å². The molecule has 0 fully saturated rings. The maximum absolute atomic E-state index is 12.3. The molecule has 3 aromatic rings. The fraction of sp³-hybridized carbons (Fsp3) is 0.318. The van der Waals surface area contributed by atoms with E-state index >= 15 is 0 Å². The van der Waals surface area contributed by atoms with Crippen molar-refractivity contribution in [2.75, 3.05) is 0 Å². The molecule has 0 saturated carbocycles. The Hall–Kier alpha value is -3.35. The van der Waals surface area contributed by atoms with Crippen LogP contribution in [0.5, 0.6) is 0 Å². The van der Waals surface area contributed by atoms with Crippen molar-refractivity contribution in [1.29, 1.82) is 0 Å². The Bertz CT molecular complexity index is 1040. The fourth-order valence-corrected chi connectivity index (χ4v) is 3.04. The van der Waals surface area contributed by atoms with Crippen LogP contribution in [-0.2, 0) is 27.3 Å². The second kappa shape index (κ2) is 9.23. The Morgan fingerprint density at radius 1 is 1.07 bits per heavy atom. The van der Waals surface area contributed by atoms with Gasteiger partial charge >= 0.3 is 11.7 Å². The van der Waals surface area contributed by atoms with E-state index in [4.69, 9.17) is 9.15 Å². The van der Waals surface area contributed by atoms with Crippen LogP contribution in [0, 0.1) is 0 Å². The SMILES string of the molecule is C[C@@H](CCc1ccccc1)NC(=O)[C@@H](C)OC(=O)Cn1c(=O)oc2ccccc21. The van der Waals surface area contributed by atoms with Crippen LogP contribution in [0.25, 0.3) is 11.1 Å². The van der Waals surface area contributed by atoms with E-state index in [0.717, 1.165) is 12.8 Å². The molecule has 2 atom stereocenters. The number of nitrogens with one attached hydrogen (secondary N) is 1. The summed E-state index contributed by atoms with van der Waals surface area (Å²) in [6.45, 7) is 3.09. The van der Waals surface area contributed by atoms with E-state index in [-0.39, 0.29) is 18.5 Å². The summed E-state index contributed by atoms with van der Waals surface area (Å²) < 4.78 is 11.5. The Morgan fingerprint density at radius 3 is 2.52 bits per heavy atom. The van der Waals surface area contributed by atoms with Gasteiger partial charge in [0.1, 0.15) is 6.54 Å². The highest BCUT2D eigenvalue weighted by atomic mass is 16.5. The lowest BCUT2D eigenvalue weighted by Gasteiger charge is -2.18. The van der Waals surface area contributed by atoms with Crippen molar-refractivity contribution in [2.24, 2.45) is 0 Å². The first kappa shape index (κ1) is 20.4. The van der Waals surface area contributed by atoms with Crippen LogP contribution in [0.1, 0.15) is 25.8 Å². The smallest absolute Gasteiger partial charge is 0.420 e. The summed E-state index contributed by atoms with van der Waals surface area (Å²) in [7, 11) is 0. The molecular formula is C22H24N2O5. The molecule has 29 heavy (non-hydrogen) atoms. The maximum atomic E-state index is 12.3. The highest BCUT2D eigenvalue weighted by molar-refractivity contribution is 5.84. The Kier molecular flexibility index (Phi) is 6.49. The van der Waals surface area contributed by atoms with Crippen LogP contribution in [-0.4, -0.2) is 28.6 Å². The van der Waals surface area contributed by atoms with Gasteiger partial charge in [-0.15, -0.1) is 0 Å². The summed E-state index contributed by atoms with van der Waals surface area (Å²) >= 11 is 0. The molecule has 152 valence electrons. The van der Waals surface area contributed by atoms with Gasteiger partial charge in [-0.3, -0.25) is 14.2 Å². The highest BCUT2D eigenvalue weighted by Crippen LogP contribution is 2.12. The second-order valence-corrected chi connectivity index (χ2v) is 6.99. The summed E-state index contributed by atoms with van der Waals surface area (Å²) in [6, 6.07) is 16.7. The molecule has 0 unspecified atom stereocenters. The van der Waals surface area contributed by atoms with Gasteiger partial charge in [-0.1, -0.05) is 42.5 Å². The number of benzene rings is 2. The topological polar surface area (TPSA) is 90.5 Å². The normalized spacial score (nSPS) is 13.0. The van der Waals surface area contributed by atoms with Gasteiger partial charge in [0.05, 0.1) is 5.52 Å². The molecule has 0 aliphatic carbocycles. The molecule has 1 amide bonds. The molecule has 7 heteroatoms. The van der Waals surface area contributed by atoms with Gasteiger partial charge in [-0.25, -0.2) is 4.79 Å². The van der Waals surface area contributed by atoms with Crippen LogP contribution in [0.15, 0.2) is 63.8 Å². The molecule has 7 nitrogen and oxygen atoms in total. The van der Waals surface area contributed by atoms with Crippen LogP contribution in [0.3, 0.4) is 0 Å². The number of oxazole rings is 1. The standard InChI is InChI=1S/C22H24N2O5/c1-15(12-13-17-8-4-3-5-9-17)23-21(26)16(2)28-20(25)14-24-18-10-6-7-11-19(18)29-22(24)27/h3-11,15-16H,12-14H2,1-2H3,(H,23,26)/t15-,16+/m0/s1.